The van der Waals surface area contributed by atoms with Crippen LogP contribution in [0.2, 0.25) is 0 Å². The number of para-hydroxylation sites is 1. The number of carboxylic acid groups (broad SMARTS) is 1. The number of fused-ring (bicyclic) bond motifs is 1. The van der Waals surface area contributed by atoms with Crippen LogP contribution in [0.1, 0.15) is 40.4 Å². The molecule has 0 unspecified atom stereocenters. The molecule has 6 aromatic rings. The minimum Gasteiger partial charge on any atom is -0.476 e. The van der Waals surface area contributed by atoms with Crippen LogP contribution in [0.4, 0.5) is 14.6 Å². The summed E-state index contributed by atoms with van der Waals surface area (Å²) in [6.45, 7) is 4.51. The minimum atomic E-state index is -3.01. The summed E-state index contributed by atoms with van der Waals surface area (Å²) in [5.41, 5.74) is 10.1. The molecule has 2 aromatic carbocycles. The summed E-state index contributed by atoms with van der Waals surface area (Å²) in [7, 11) is 0. The van der Waals surface area contributed by atoms with Gasteiger partial charge in [0.1, 0.15) is 23.8 Å². The Balaban J connectivity index is 0.000000182. The fourth-order valence-corrected chi connectivity index (χ4v) is 4.32. The number of hydrogen-bond acceptors (Lipinski definition) is 7. The van der Waals surface area contributed by atoms with E-state index in [-0.39, 0.29) is 18.0 Å². The monoisotopic (exact) mass is 560 g/mol. The number of benzene rings is 2. The molecule has 0 amide bonds. The van der Waals surface area contributed by atoms with Crippen LogP contribution in [0, 0.1) is 13.8 Å². The number of halogens is 2. The van der Waals surface area contributed by atoms with Crippen molar-refractivity contribution in [3.63, 3.8) is 0 Å². The number of nitrogens with one attached hydrogen (secondary N) is 1. The number of alkyl halides is 2. The van der Waals surface area contributed by atoms with Crippen LogP contribution in [0.15, 0.2) is 75.7 Å². The van der Waals surface area contributed by atoms with E-state index in [4.69, 9.17) is 19.7 Å². The van der Waals surface area contributed by atoms with Crippen LogP contribution in [0.25, 0.3) is 33.5 Å². The Hall–Kier alpha value is -5.26. The van der Waals surface area contributed by atoms with Crippen molar-refractivity contribution in [2.75, 3.05) is 5.73 Å². The number of oxazole rings is 1. The molecule has 210 valence electrons. The summed E-state index contributed by atoms with van der Waals surface area (Å²) >= 11 is 0. The molecule has 0 saturated heterocycles. The lowest BCUT2D eigenvalue weighted by Gasteiger charge is -2.05. The van der Waals surface area contributed by atoms with E-state index in [1.165, 1.54) is 16.9 Å². The molecule has 0 saturated carbocycles. The first-order valence-corrected chi connectivity index (χ1v) is 12.5. The molecule has 41 heavy (non-hydrogen) atoms. The number of nitrogens with two attached hydrogens (primary N) is 1. The van der Waals surface area contributed by atoms with Gasteiger partial charge in [0.05, 0.1) is 11.8 Å². The zero-order valence-electron chi connectivity index (χ0n) is 22.4. The van der Waals surface area contributed by atoms with E-state index < -0.39 is 11.9 Å². The molecule has 10 nitrogen and oxygen atoms in total. The van der Waals surface area contributed by atoms with Crippen molar-refractivity contribution in [2.24, 2.45) is 0 Å². The van der Waals surface area contributed by atoms with Crippen LogP contribution in [0.5, 0.6) is 0 Å². The van der Waals surface area contributed by atoms with Crippen LogP contribution in [0.3, 0.4) is 0 Å². The van der Waals surface area contributed by atoms with Gasteiger partial charge in [-0.25, -0.2) is 9.78 Å². The summed E-state index contributed by atoms with van der Waals surface area (Å²) in [5.74, 6) is -2.95. The number of aromatic amines is 1. The lowest BCUT2D eigenvalue weighted by molar-refractivity contribution is -0.00641. The number of carbonyl (C=O) groups is 1. The first-order chi connectivity index (χ1) is 19.5. The Morgan fingerprint density at radius 1 is 1.10 bits per heavy atom. The normalized spacial score (nSPS) is 11.4. The van der Waals surface area contributed by atoms with Crippen molar-refractivity contribution in [3.05, 3.63) is 95.5 Å². The Kier molecular flexibility index (Phi) is 7.14. The Labute approximate surface area is 232 Å². The fraction of sp³-hybridized carbons (Fsp3) is 0.172. The fourth-order valence-electron chi connectivity index (χ4n) is 4.32. The van der Waals surface area contributed by atoms with Gasteiger partial charge >= 0.3 is 11.9 Å². The first-order valence-electron chi connectivity index (χ1n) is 12.5. The summed E-state index contributed by atoms with van der Waals surface area (Å²) in [6.07, 6.45) is 1.59. The van der Waals surface area contributed by atoms with Gasteiger partial charge in [-0.1, -0.05) is 42.0 Å². The van der Waals surface area contributed by atoms with Crippen molar-refractivity contribution in [2.45, 2.75) is 33.2 Å². The van der Waals surface area contributed by atoms with Crippen molar-refractivity contribution >= 4 is 22.7 Å². The smallest absolute Gasteiger partial charge is 0.358 e. The van der Waals surface area contributed by atoms with Gasteiger partial charge in [-0.2, -0.15) is 23.8 Å². The third-order valence-corrected chi connectivity index (χ3v) is 6.14. The third kappa shape index (κ3) is 5.86. The summed E-state index contributed by atoms with van der Waals surface area (Å²) < 4.78 is 37.0. The molecule has 0 spiro atoms. The molecule has 0 fully saturated rings. The van der Waals surface area contributed by atoms with E-state index in [0.29, 0.717) is 28.9 Å². The van der Waals surface area contributed by atoms with Crippen molar-refractivity contribution in [1.82, 2.24) is 25.0 Å². The van der Waals surface area contributed by atoms with Gasteiger partial charge < -0.3 is 24.7 Å². The molecular formula is C29H26F2N6O4. The molecule has 0 bridgehead atoms. The molecule has 4 N–H and O–H groups in total. The average Bonchev–Trinajstić information content (AvgIpc) is 3.70. The second-order valence-corrected chi connectivity index (χ2v) is 9.46. The van der Waals surface area contributed by atoms with E-state index in [1.807, 2.05) is 49.4 Å². The third-order valence-electron chi connectivity index (χ3n) is 6.14. The zero-order valence-corrected chi connectivity index (χ0v) is 22.4. The number of aromatic nitrogens is 5. The highest BCUT2D eigenvalue weighted by Gasteiger charge is 2.28. The quantitative estimate of drug-likeness (QED) is 0.211. The number of nitrogen functional groups attached to an aromatic ring is 1. The van der Waals surface area contributed by atoms with E-state index in [2.05, 4.69) is 20.2 Å². The Bertz CT molecular complexity index is 1840. The van der Waals surface area contributed by atoms with Crippen LogP contribution in [-0.2, 0) is 12.5 Å². The molecule has 0 aliphatic rings. The number of anilines is 1. The van der Waals surface area contributed by atoms with Crippen molar-refractivity contribution < 1.29 is 27.5 Å². The van der Waals surface area contributed by atoms with Gasteiger partial charge in [0.25, 0.3) is 0 Å². The number of furan rings is 1. The maximum atomic E-state index is 13.2. The van der Waals surface area contributed by atoms with Crippen LogP contribution < -0.4 is 5.73 Å². The maximum absolute atomic E-state index is 13.2. The number of H-pyrrole nitrogens is 1. The number of rotatable bonds is 6. The minimum absolute atomic E-state index is 0.0388. The van der Waals surface area contributed by atoms with Crippen LogP contribution in [-0.4, -0.2) is 36.0 Å². The second-order valence-electron chi connectivity index (χ2n) is 9.46. The molecular weight excluding hydrogens is 534 g/mol. The van der Waals surface area contributed by atoms with Gasteiger partial charge in [0.2, 0.25) is 0 Å². The first kappa shape index (κ1) is 27.3. The summed E-state index contributed by atoms with van der Waals surface area (Å²) in [5, 5.41) is 18.5. The highest BCUT2D eigenvalue weighted by molar-refractivity contribution is 6.00. The molecule has 12 heteroatoms. The maximum Gasteiger partial charge on any atom is 0.358 e. The molecule has 0 radical (unpaired) electrons. The predicted molar refractivity (Wildman–Crippen MR) is 147 cm³/mol. The lowest BCUT2D eigenvalue weighted by atomic mass is 10.1. The molecule has 0 aliphatic heterocycles. The molecule has 6 rings (SSSR count). The number of nitrogens with zero attached hydrogens (tertiary/aromatic N) is 4. The second kappa shape index (κ2) is 10.7. The SMILES string of the molecule is CC(F)(F)c1ccc(Cn2ncc(-c3c(N)[nH]c4ccccc34)n2)o1.Cc1cccc(-c2oc(C)nc2C(=O)O)c1. The Morgan fingerprint density at radius 2 is 1.88 bits per heavy atom. The zero-order chi connectivity index (χ0) is 29.3. The lowest BCUT2D eigenvalue weighted by Crippen LogP contribution is -2.05. The van der Waals surface area contributed by atoms with Crippen molar-refractivity contribution in [3.8, 4) is 22.6 Å². The molecule has 4 aromatic heterocycles. The van der Waals surface area contributed by atoms with Gasteiger partial charge in [-0.15, -0.1) is 0 Å². The highest BCUT2D eigenvalue weighted by Crippen LogP contribution is 2.33. The number of aryl methyl sites for hydroxylation is 2. The number of aromatic carboxylic acids is 1. The summed E-state index contributed by atoms with van der Waals surface area (Å²) in [6, 6.07) is 17.9. The van der Waals surface area contributed by atoms with Crippen molar-refractivity contribution in [1.29, 1.82) is 0 Å². The Morgan fingerprint density at radius 3 is 2.59 bits per heavy atom. The molecule has 0 atom stereocenters. The van der Waals surface area contributed by atoms with E-state index in [9.17, 15) is 13.6 Å². The number of carboxylic acids is 1. The van der Waals surface area contributed by atoms with Gasteiger partial charge in [0, 0.05) is 30.3 Å². The number of hydrogen-bond donors (Lipinski definition) is 3. The van der Waals surface area contributed by atoms with E-state index in [1.54, 1.807) is 19.2 Å². The highest BCUT2D eigenvalue weighted by atomic mass is 19.3. The van der Waals surface area contributed by atoms with Gasteiger partial charge in [-0.3, -0.25) is 0 Å². The van der Waals surface area contributed by atoms with Gasteiger partial charge in [-0.05, 0) is 31.2 Å². The topological polar surface area (TPSA) is 149 Å². The standard InChI is InChI=1S/C17H15F2N5O.C12H11NO3/c1-17(18,19)14-7-6-10(25-14)9-24-21-8-13(23-24)15-11-4-2-3-5-12(11)22-16(15)20;1-7-4-3-5-9(6-7)11-10(12(14)15)13-8(2)16-11/h2-8,22H,9,20H2,1H3;3-6H,1-2H3,(H,14,15). The predicted octanol–water partition coefficient (Wildman–Crippen LogP) is 6.42. The largest absolute Gasteiger partial charge is 0.476 e. The molecule has 4 heterocycles. The van der Waals surface area contributed by atoms with Gasteiger partial charge in [0.15, 0.2) is 23.1 Å². The molecule has 0 aliphatic carbocycles. The summed E-state index contributed by atoms with van der Waals surface area (Å²) in [4.78, 5) is 19.3. The average molecular weight is 561 g/mol. The van der Waals surface area contributed by atoms with Crippen LogP contribution >= 0.6 is 0 Å². The van der Waals surface area contributed by atoms with E-state index >= 15 is 0 Å². The van der Waals surface area contributed by atoms with E-state index in [0.717, 1.165) is 34.5 Å².